The van der Waals surface area contributed by atoms with E-state index < -0.39 is 52.4 Å². The Morgan fingerprint density at radius 3 is 2.20 bits per heavy atom. The van der Waals surface area contributed by atoms with Crippen molar-refractivity contribution < 1.29 is 48.0 Å². The van der Waals surface area contributed by atoms with Gasteiger partial charge in [-0.1, -0.05) is 6.07 Å². The molecule has 2 heterocycles. The van der Waals surface area contributed by atoms with Crippen molar-refractivity contribution in [2.75, 3.05) is 26.7 Å². The number of aromatic hydroxyl groups is 1. The molecule has 2 bridgehead atoms. The Labute approximate surface area is 268 Å². The second kappa shape index (κ2) is 12.0. The van der Waals surface area contributed by atoms with E-state index in [4.69, 9.17) is 23.7 Å². The number of carbonyl (C=O) groups is 4. The Bertz CT molecular complexity index is 1440. The molecule has 3 N–H and O–H groups in total. The first-order valence-electron chi connectivity index (χ1n) is 15.7. The molecule has 0 unspecified atom stereocenters. The molecule has 4 atom stereocenters. The van der Waals surface area contributed by atoms with Crippen molar-refractivity contribution in [1.29, 1.82) is 0 Å². The largest absolute Gasteiger partial charge is 0.504 e. The minimum atomic E-state index is -1.10. The molecule has 252 valence electrons. The van der Waals surface area contributed by atoms with E-state index in [1.807, 2.05) is 13.1 Å². The van der Waals surface area contributed by atoms with Crippen molar-refractivity contribution in [1.82, 2.24) is 15.5 Å². The predicted octanol–water partition coefficient (Wildman–Crippen LogP) is 3.59. The molecule has 2 aliphatic heterocycles. The van der Waals surface area contributed by atoms with Gasteiger partial charge in [-0.2, -0.15) is 0 Å². The predicted molar refractivity (Wildman–Crippen MR) is 164 cm³/mol. The Morgan fingerprint density at radius 2 is 1.59 bits per heavy atom. The summed E-state index contributed by atoms with van der Waals surface area (Å²) in [6.45, 7) is 11.2. The van der Waals surface area contributed by atoms with E-state index in [0.717, 1.165) is 11.1 Å². The quantitative estimate of drug-likeness (QED) is 0.280. The molecule has 0 saturated carbocycles. The number of likely N-dealkylation sites (N-methyl/N-ethyl adjacent to an activating group) is 1. The van der Waals surface area contributed by atoms with Crippen molar-refractivity contribution in [3.05, 3.63) is 35.1 Å². The summed E-state index contributed by atoms with van der Waals surface area (Å²) in [6, 6.07) is 3.23. The first kappa shape index (κ1) is 33.4. The fourth-order valence-corrected chi connectivity index (χ4v) is 7.21. The number of piperidine rings is 1. The molecule has 5 rings (SSSR count). The Hall–Kier alpha value is -4.00. The average Bonchev–Trinajstić information content (AvgIpc) is 3.28. The van der Waals surface area contributed by atoms with Crippen molar-refractivity contribution >= 4 is 24.1 Å². The second-order valence-corrected chi connectivity index (χ2v) is 14.4. The van der Waals surface area contributed by atoms with Crippen LogP contribution < -0.4 is 15.4 Å². The number of phenolic OH excluding ortho intramolecular Hbond substituents is 1. The SMILES string of the molecule is CN1CC[C@]23c4c5ccc(O)c4O[C@H]2C(OC(=O)CCNC(=O)OC(C)(C)C)=CC[C@@]3(OC(=O)CCNC(=O)OC(C)(C)C)[C@H]1C5. The molecule has 1 saturated heterocycles. The third-order valence-electron chi connectivity index (χ3n) is 8.84. The van der Waals surface area contributed by atoms with Gasteiger partial charge in [0.05, 0.1) is 24.3 Å². The molecule has 13 nitrogen and oxygen atoms in total. The Balaban J connectivity index is 1.39. The molecule has 4 aliphatic rings. The van der Waals surface area contributed by atoms with Gasteiger partial charge in [0.25, 0.3) is 0 Å². The van der Waals surface area contributed by atoms with Crippen LogP contribution in [0.3, 0.4) is 0 Å². The summed E-state index contributed by atoms with van der Waals surface area (Å²) >= 11 is 0. The first-order chi connectivity index (χ1) is 21.5. The molecule has 1 aromatic carbocycles. The first-order valence-corrected chi connectivity index (χ1v) is 15.7. The van der Waals surface area contributed by atoms with E-state index >= 15 is 0 Å². The molecule has 1 aromatic rings. The number of nitrogens with zero attached hydrogens (tertiary/aromatic N) is 1. The summed E-state index contributed by atoms with van der Waals surface area (Å²) < 4.78 is 29.3. The summed E-state index contributed by atoms with van der Waals surface area (Å²) in [7, 11) is 1.99. The Kier molecular flexibility index (Phi) is 8.69. The number of amides is 2. The van der Waals surface area contributed by atoms with E-state index in [-0.39, 0.29) is 49.9 Å². The van der Waals surface area contributed by atoms with Gasteiger partial charge in [-0.3, -0.25) is 14.5 Å². The normalized spacial score (nSPS) is 26.1. The van der Waals surface area contributed by atoms with Crippen molar-refractivity contribution in [2.24, 2.45) is 0 Å². The maximum absolute atomic E-state index is 13.5. The summed E-state index contributed by atoms with van der Waals surface area (Å²) in [5.74, 6) is -0.566. The van der Waals surface area contributed by atoms with Crippen LogP contribution >= 0.6 is 0 Å². The zero-order valence-corrected chi connectivity index (χ0v) is 27.6. The molecule has 1 spiro atoms. The van der Waals surface area contributed by atoms with Gasteiger partial charge in [0, 0.05) is 25.1 Å². The van der Waals surface area contributed by atoms with Gasteiger partial charge in [-0.25, -0.2) is 9.59 Å². The number of esters is 2. The number of nitrogens with one attached hydrogen (secondary N) is 2. The minimum Gasteiger partial charge on any atom is -0.504 e. The van der Waals surface area contributed by atoms with Gasteiger partial charge in [0.15, 0.2) is 17.6 Å². The number of ether oxygens (including phenoxy) is 5. The van der Waals surface area contributed by atoms with Gasteiger partial charge in [0.2, 0.25) is 0 Å². The molecule has 0 radical (unpaired) electrons. The van der Waals surface area contributed by atoms with Crippen molar-refractivity contribution in [3.8, 4) is 11.5 Å². The lowest BCUT2D eigenvalue weighted by Gasteiger charge is -2.62. The molecule has 13 heteroatoms. The van der Waals surface area contributed by atoms with Crippen LogP contribution in [0.25, 0.3) is 0 Å². The smallest absolute Gasteiger partial charge is 0.407 e. The van der Waals surface area contributed by atoms with Crippen molar-refractivity contribution in [3.63, 3.8) is 0 Å². The number of hydrogen-bond acceptors (Lipinski definition) is 11. The van der Waals surface area contributed by atoms with E-state index in [2.05, 4.69) is 15.5 Å². The molecule has 2 aliphatic carbocycles. The highest BCUT2D eigenvalue weighted by molar-refractivity contribution is 5.75. The molecule has 46 heavy (non-hydrogen) atoms. The number of alkyl carbamates (subject to hydrolysis) is 2. The number of rotatable bonds is 8. The average molecular weight is 644 g/mol. The van der Waals surface area contributed by atoms with E-state index in [1.165, 1.54) is 0 Å². The van der Waals surface area contributed by atoms with Gasteiger partial charge in [-0.15, -0.1) is 0 Å². The maximum Gasteiger partial charge on any atom is 0.407 e. The number of carbonyl (C=O) groups excluding carboxylic acids is 4. The van der Waals surface area contributed by atoms with Crippen LogP contribution in [0.4, 0.5) is 9.59 Å². The maximum atomic E-state index is 13.5. The van der Waals surface area contributed by atoms with E-state index in [9.17, 15) is 24.3 Å². The number of benzene rings is 1. The van der Waals surface area contributed by atoms with E-state index in [1.54, 1.807) is 53.7 Å². The summed E-state index contributed by atoms with van der Waals surface area (Å²) in [6.07, 6.45) is 0.709. The van der Waals surface area contributed by atoms with Gasteiger partial charge in [-0.05, 0) is 85.7 Å². The minimum absolute atomic E-state index is 0.00854. The third-order valence-corrected chi connectivity index (χ3v) is 8.84. The van der Waals surface area contributed by atoms with Gasteiger partial charge < -0.3 is 39.4 Å². The molecule has 0 aromatic heterocycles. The molecule has 2 amide bonds. The fourth-order valence-electron chi connectivity index (χ4n) is 7.21. The highest BCUT2D eigenvalue weighted by atomic mass is 16.6. The van der Waals surface area contributed by atoms with Gasteiger partial charge in [0.1, 0.15) is 22.6 Å². The summed E-state index contributed by atoms with van der Waals surface area (Å²) in [5, 5.41) is 16.1. The highest BCUT2D eigenvalue weighted by Gasteiger charge is 2.74. The lowest BCUT2D eigenvalue weighted by molar-refractivity contribution is -0.206. The van der Waals surface area contributed by atoms with Crippen LogP contribution in [0.5, 0.6) is 11.5 Å². The molecular formula is C33H45N3O10. The van der Waals surface area contributed by atoms with Crippen molar-refractivity contribution in [2.45, 2.75) is 108 Å². The molecule has 1 fully saturated rings. The third kappa shape index (κ3) is 6.21. The van der Waals surface area contributed by atoms with Crippen LogP contribution in [-0.2, 0) is 40.4 Å². The monoisotopic (exact) mass is 643 g/mol. The van der Waals surface area contributed by atoms with Gasteiger partial charge >= 0.3 is 24.1 Å². The van der Waals surface area contributed by atoms with Crippen LogP contribution in [-0.4, -0.2) is 89.8 Å². The van der Waals surface area contributed by atoms with Crippen LogP contribution in [0, 0.1) is 0 Å². The highest BCUT2D eigenvalue weighted by Crippen LogP contribution is 2.66. The fraction of sp³-hybridized carbons (Fsp3) is 0.636. The zero-order chi connectivity index (χ0) is 33.7. The van der Waals surface area contributed by atoms with Crippen LogP contribution in [0.15, 0.2) is 24.0 Å². The standard InChI is InChI=1S/C33H45N3O10/c1-30(2,3)45-28(40)34-15-11-23(38)42-21-10-13-33(44-24(39)12-16-35-29(41)46-31(4,5)6)22-18-19-8-9-20(37)26-25(19)32(33,27(21)43-26)14-17-36(22)7/h8-10,22,27,37H,11-18H2,1-7H3,(H,34,40)(H,35,41)/t22-,27+,32+,33-/m1/s1. The van der Waals surface area contributed by atoms with Crippen LogP contribution in [0.1, 0.15) is 78.4 Å². The van der Waals surface area contributed by atoms with Crippen LogP contribution in [0.2, 0.25) is 0 Å². The summed E-state index contributed by atoms with van der Waals surface area (Å²) in [4.78, 5) is 52.9. The number of likely N-dealkylation sites (tertiary alicyclic amines) is 1. The second-order valence-electron chi connectivity index (χ2n) is 14.4. The molecular weight excluding hydrogens is 598 g/mol. The summed E-state index contributed by atoms with van der Waals surface area (Å²) in [5.41, 5.74) is -1.65. The zero-order valence-electron chi connectivity index (χ0n) is 27.6. The topological polar surface area (TPSA) is 162 Å². The number of phenols is 1. The lowest BCUT2D eigenvalue weighted by Crippen LogP contribution is -2.75. The lowest BCUT2D eigenvalue weighted by atomic mass is 9.50. The van der Waals surface area contributed by atoms with E-state index in [0.29, 0.717) is 25.1 Å². The Morgan fingerprint density at radius 1 is 0.978 bits per heavy atom. The number of hydrogen-bond donors (Lipinski definition) is 3.